The molecule has 0 rings (SSSR count). The van der Waals surface area contributed by atoms with Crippen molar-refractivity contribution >= 4 is 14.1 Å². The average molecular weight is 246 g/mol. The summed E-state index contributed by atoms with van der Waals surface area (Å²) in [6.45, 7) is 0.942. The van der Waals surface area contributed by atoms with E-state index in [4.69, 9.17) is 15.3 Å². The van der Waals surface area contributed by atoms with E-state index in [1.807, 2.05) is 0 Å². The summed E-state index contributed by atoms with van der Waals surface area (Å²) in [5, 5.41) is 30.2. The van der Waals surface area contributed by atoms with Crippen LogP contribution in [-0.2, 0) is 0 Å². The van der Waals surface area contributed by atoms with Gasteiger partial charge in [-0.05, 0) is 19.3 Å². The molecule has 0 aliphatic heterocycles. The van der Waals surface area contributed by atoms with Crippen LogP contribution in [0.5, 0.6) is 0 Å². The van der Waals surface area contributed by atoms with Crippen LogP contribution in [0.15, 0.2) is 0 Å². The van der Waals surface area contributed by atoms with E-state index in [9.17, 15) is 0 Å². The Bertz CT molecular complexity index is 110. The SMILES string of the molecule is OCCC[CH2][Al]([CH2]CCCO)[CH2]CCCO. The van der Waals surface area contributed by atoms with Crippen LogP contribution in [0.4, 0.5) is 0 Å². The Hall–Kier alpha value is 0.412. The molecule has 0 amide bonds. The Kier molecular flexibility index (Phi) is 13.8. The highest BCUT2D eigenvalue weighted by Crippen LogP contribution is 2.16. The quantitative estimate of drug-likeness (QED) is 0.363. The summed E-state index contributed by atoms with van der Waals surface area (Å²) in [5.41, 5.74) is 0. The minimum Gasteiger partial charge on any atom is -0.396 e. The molecule has 0 aromatic carbocycles. The lowest BCUT2D eigenvalue weighted by Gasteiger charge is -2.10. The van der Waals surface area contributed by atoms with Gasteiger partial charge in [-0.3, -0.25) is 0 Å². The van der Waals surface area contributed by atoms with E-state index < -0.39 is 14.1 Å². The molecule has 0 spiro atoms. The molecule has 16 heavy (non-hydrogen) atoms. The summed E-state index contributed by atoms with van der Waals surface area (Å²) in [5.74, 6) is 0. The maximum absolute atomic E-state index is 8.76. The second kappa shape index (κ2) is 13.5. The molecule has 0 saturated heterocycles. The van der Waals surface area contributed by atoms with Gasteiger partial charge in [0.05, 0.1) is 0 Å². The number of hydrogen-bond donors (Lipinski definition) is 3. The van der Waals surface area contributed by atoms with Crippen molar-refractivity contribution in [2.24, 2.45) is 0 Å². The van der Waals surface area contributed by atoms with Crippen LogP contribution in [0.2, 0.25) is 15.8 Å². The first kappa shape index (κ1) is 16.4. The highest BCUT2D eigenvalue weighted by Gasteiger charge is 2.15. The van der Waals surface area contributed by atoms with Gasteiger partial charge in [-0.25, -0.2) is 0 Å². The van der Waals surface area contributed by atoms with Crippen molar-refractivity contribution in [1.82, 2.24) is 0 Å². The fourth-order valence-corrected chi connectivity index (χ4v) is 5.53. The summed E-state index contributed by atoms with van der Waals surface area (Å²) in [6, 6.07) is 0. The molecule has 0 bridgehead atoms. The van der Waals surface area contributed by atoms with Gasteiger partial charge >= 0.3 is 0 Å². The normalized spacial score (nSPS) is 10.7. The number of rotatable bonds is 12. The fourth-order valence-electron chi connectivity index (χ4n) is 2.07. The summed E-state index contributed by atoms with van der Waals surface area (Å²) in [4.78, 5) is 0. The van der Waals surface area contributed by atoms with E-state index in [0.29, 0.717) is 19.8 Å². The van der Waals surface area contributed by atoms with E-state index >= 15 is 0 Å². The van der Waals surface area contributed by atoms with Crippen LogP contribution in [0.1, 0.15) is 38.5 Å². The first-order valence-electron chi connectivity index (χ1n) is 6.67. The summed E-state index contributed by atoms with van der Waals surface area (Å²) in [6.07, 6.45) is 6.28. The molecule has 96 valence electrons. The molecular formula is C12H27AlO3. The lowest BCUT2D eigenvalue weighted by atomic mass is 10.3. The van der Waals surface area contributed by atoms with E-state index in [0.717, 1.165) is 38.5 Å². The zero-order valence-corrected chi connectivity index (χ0v) is 11.6. The number of aliphatic hydroxyl groups excluding tert-OH is 3. The predicted molar refractivity (Wildman–Crippen MR) is 69.1 cm³/mol. The second-order valence-corrected chi connectivity index (χ2v) is 7.99. The number of unbranched alkanes of at least 4 members (excludes halogenated alkanes) is 3. The third-order valence-corrected chi connectivity index (χ3v) is 6.74. The van der Waals surface area contributed by atoms with Gasteiger partial charge in [0.2, 0.25) is 0 Å². The Morgan fingerprint density at radius 3 is 1.06 bits per heavy atom. The molecule has 0 fully saturated rings. The van der Waals surface area contributed by atoms with Crippen LogP contribution < -0.4 is 0 Å². The van der Waals surface area contributed by atoms with Gasteiger partial charge in [0.15, 0.2) is 0 Å². The minimum absolute atomic E-state index is 0.314. The molecule has 0 aromatic heterocycles. The first-order chi connectivity index (χ1) is 7.85. The second-order valence-electron chi connectivity index (χ2n) is 4.52. The zero-order chi connectivity index (χ0) is 12.1. The van der Waals surface area contributed by atoms with Crippen LogP contribution in [0.3, 0.4) is 0 Å². The van der Waals surface area contributed by atoms with Crippen LogP contribution in [0, 0.1) is 0 Å². The number of hydrogen-bond acceptors (Lipinski definition) is 3. The number of aliphatic hydroxyl groups is 3. The summed E-state index contributed by atoms with van der Waals surface area (Å²) < 4.78 is 0. The molecule has 0 unspecified atom stereocenters. The third kappa shape index (κ3) is 10.9. The van der Waals surface area contributed by atoms with Gasteiger partial charge in [0.1, 0.15) is 0 Å². The maximum atomic E-state index is 8.76. The molecule has 0 aromatic rings. The van der Waals surface area contributed by atoms with Gasteiger partial charge in [0, 0.05) is 19.8 Å². The van der Waals surface area contributed by atoms with Crippen molar-refractivity contribution in [1.29, 1.82) is 0 Å². The van der Waals surface area contributed by atoms with Crippen molar-refractivity contribution < 1.29 is 15.3 Å². The Morgan fingerprint density at radius 1 is 0.500 bits per heavy atom. The molecule has 0 aliphatic carbocycles. The fraction of sp³-hybridized carbons (Fsp3) is 1.00. The van der Waals surface area contributed by atoms with Crippen molar-refractivity contribution in [3.8, 4) is 0 Å². The van der Waals surface area contributed by atoms with E-state index in [1.165, 1.54) is 15.8 Å². The highest BCUT2D eigenvalue weighted by atomic mass is 27.2. The largest absolute Gasteiger partial charge is 0.396 e. The first-order valence-corrected chi connectivity index (χ1v) is 9.12. The van der Waals surface area contributed by atoms with Gasteiger partial charge in [-0.2, -0.15) is 0 Å². The van der Waals surface area contributed by atoms with Crippen LogP contribution in [0.25, 0.3) is 0 Å². The van der Waals surface area contributed by atoms with Crippen molar-refractivity contribution in [3.63, 3.8) is 0 Å². The highest BCUT2D eigenvalue weighted by molar-refractivity contribution is 6.58. The van der Waals surface area contributed by atoms with Gasteiger partial charge < -0.3 is 15.3 Å². The molecule has 0 heterocycles. The molecule has 3 nitrogen and oxygen atoms in total. The molecule has 0 radical (unpaired) electrons. The standard InChI is InChI=1S/3C4H9O.Al/c3*1-2-3-4-5;/h3*5H,1-4H2;. The van der Waals surface area contributed by atoms with E-state index in [-0.39, 0.29) is 0 Å². The molecular weight excluding hydrogens is 219 g/mol. The van der Waals surface area contributed by atoms with Crippen molar-refractivity contribution in [2.75, 3.05) is 19.8 Å². The molecule has 0 aliphatic rings. The molecule has 3 N–H and O–H groups in total. The van der Waals surface area contributed by atoms with Gasteiger partial charge in [-0.1, -0.05) is 35.1 Å². The lowest BCUT2D eigenvalue weighted by Crippen LogP contribution is -2.12. The smallest absolute Gasteiger partial charge is 0.261 e. The summed E-state index contributed by atoms with van der Waals surface area (Å²) >= 11 is -0.662. The van der Waals surface area contributed by atoms with Gasteiger partial charge in [0.25, 0.3) is 14.1 Å². The molecule has 0 atom stereocenters. The van der Waals surface area contributed by atoms with Crippen molar-refractivity contribution in [3.05, 3.63) is 0 Å². The summed E-state index contributed by atoms with van der Waals surface area (Å²) in [7, 11) is 0. The van der Waals surface area contributed by atoms with E-state index in [1.54, 1.807) is 0 Å². The zero-order valence-electron chi connectivity index (χ0n) is 10.4. The Morgan fingerprint density at radius 2 is 0.812 bits per heavy atom. The average Bonchev–Trinajstić information content (AvgIpc) is 2.29. The predicted octanol–water partition coefficient (Wildman–Crippen LogP) is 1.80. The van der Waals surface area contributed by atoms with Crippen LogP contribution in [-0.4, -0.2) is 49.3 Å². The molecule has 0 saturated carbocycles. The Balaban J connectivity index is 3.58. The topological polar surface area (TPSA) is 60.7 Å². The minimum atomic E-state index is -0.662. The van der Waals surface area contributed by atoms with Gasteiger partial charge in [-0.15, -0.1) is 0 Å². The lowest BCUT2D eigenvalue weighted by molar-refractivity contribution is 0.285. The monoisotopic (exact) mass is 246 g/mol. The van der Waals surface area contributed by atoms with Crippen LogP contribution >= 0.6 is 0 Å². The Labute approximate surface area is 104 Å². The van der Waals surface area contributed by atoms with Crippen molar-refractivity contribution in [2.45, 2.75) is 54.4 Å². The van der Waals surface area contributed by atoms with E-state index in [2.05, 4.69) is 0 Å². The maximum Gasteiger partial charge on any atom is 0.261 e. The molecule has 4 heteroatoms. The third-order valence-electron chi connectivity index (χ3n) is 3.06.